The largest absolute Gasteiger partial charge is 0.647 e. The van der Waals surface area contributed by atoms with E-state index in [1.54, 1.807) is 6.08 Å². The molecule has 0 N–H and O–H groups in total. The highest BCUT2D eigenvalue weighted by Crippen LogP contribution is 2.54. The van der Waals surface area contributed by atoms with Crippen LogP contribution in [0.25, 0.3) is 0 Å². The summed E-state index contributed by atoms with van der Waals surface area (Å²) >= 11 is 0. The van der Waals surface area contributed by atoms with Gasteiger partial charge in [-0.3, -0.25) is 0 Å². The molecule has 1 aromatic rings. The number of allylic oxidation sites excluding steroid dienone is 8. The zero-order chi connectivity index (χ0) is 21.9. The quantitative estimate of drug-likeness (QED) is 0.262. The Hall–Kier alpha value is -2.87. The Morgan fingerprint density at radius 2 is 1.50 bits per heavy atom. The van der Waals surface area contributed by atoms with Crippen molar-refractivity contribution in [3.05, 3.63) is 89.0 Å². The second kappa shape index (κ2) is 8.87. The fraction of sp³-hybridized carbons (Fsp3) is 0.158. The first kappa shape index (κ1) is 21.8. The molecule has 160 valence electrons. The Morgan fingerprint density at radius 1 is 0.833 bits per heavy atom. The minimum Gasteiger partial charge on any atom is -0.386 e. The zero-order valence-corrected chi connectivity index (χ0v) is 15.9. The van der Waals surface area contributed by atoms with Gasteiger partial charge in [0, 0.05) is 24.3 Å². The lowest BCUT2D eigenvalue weighted by atomic mass is 10.2. The Balaban J connectivity index is 1.96. The lowest BCUT2D eigenvalue weighted by Crippen LogP contribution is -2.04. The van der Waals surface area contributed by atoms with E-state index in [1.165, 1.54) is 12.2 Å². The van der Waals surface area contributed by atoms with Crippen LogP contribution in [0.3, 0.4) is 0 Å². The van der Waals surface area contributed by atoms with E-state index in [0.717, 1.165) is 0 Å². The third-order valence-corrected chi connectivity index (χ3v) is 5.02. The maximum absolute atomic E-state index is 13.7. The SMILES string of the molecule is O=P(OC1=CCCC=C1)(OC1=CC(F)=C(F)CC(F)=C1)Oc1cc(F)c(F)c(F)c1. The van der Waals surface area contributed by atoms with E-state index in [0.29, 0.717) is 37.1 Å². The highest BCUT2D eigenvalue weighted by molar-refractivity contribution is 7.49. The van der Waals surface area contributed by atoms with Crippen LogP contribution in [-0.4, -0.2) is 0 Å². The van der Waals surface area contributed by atoms with E-state index in [9.17, 15) is 30.9 Å². The molecule has 0 radical (unpaired) electrons. The summed E-state index contributed by atoms with van der Waals surface area (Å²) in [5.74, 6) is -10.7. The molecule has 1 aromatic carbocycles. The van der Waals surface area contributed by atoms with Gasteiger partial charge in [-0.1, -0.05) is 6.08 Å². The second-order valence-electron chi connectivity index (χ2n) is 6.08. The van der Waals surface area contributed by atoms with Crippen molar-refractivity contribution < 1.29 is 44.5 Å². The summed E-state index contributed by atoms with van der Waals surface area (Å²) in [5, 5.41) is 0. The van der Waals surface area contributed by atoms with Gasteiger partial charge in [0.1, 0.15) is 28.9 Å². The van der Waals surface area contributed by atoms with Crippen molar-refractivity contribution in [1.29, 1.82) is 0 Å². The van der Waals surface area contributed by atoms with Crippen molar-refractivity contribution in [1.82, 2.24) is 0 Å². The first-order chi connectivity index (χ1) is 14.1. The first-order valence-corrected chi connectivity index (χ1v) is 9.93. The molecule has 0 aromatic heterocycles. The van der Waals surface area contributed by atoms with Gasteiger partial charge in [-0.2, -0.15) is 4.57 Å². The molecule has 0 bridgehead atoms. The highest BCUT2D eigenvalue weighted by Gasteiger charge is 2.35. The summed E-state index contributed by atoms with van der Waals surface area (Å²) in [7, 11) is -4.89. The highest BCUT2D eigenvalue weighted by atomic mass is 31.2. The molecule has 3 rings (SSSR count). The van der Waals surface area contributed by atoms with Gasteiger partial charge >= 0.3 is 7.82 Å². The molecule has 2 aliphatic rings. The Kier molecular flexibility index (Phi) is 6.45. The Bertz CT molecular complexity index is 1030. The smallest absolute Gasteiger partial charge is 0.386 e. The number of rotatable bonds is 6. The van der Waals surface area contributed by atoms with Gasteiger partial charge in [-0.25, -0.2) is 26.3 Å². The lowest BCUT2D eigenvalue weighted by molar-refractivity contribution is 0.229. The van der Waals surface area contributed by atoms with Crippen LogP contribution in [0.5, 0.6) is 5.75 Å². The van der Waals surface area contributed by atoms with Crippen molar-refractivity contribution in [3.8, 4) is 5.75 Å². The minimum absolute atomic E-state index is 0.0199. The molecule has 30 heavy (non-hydrogen) atoms. The fourth-order valence-electron chi connectivity index (χ4n) is 2.42. The average Bonchev–Trinajstić information content (AvgIpc) is 2.77. The summed E-state index contributed by atoms with van der Waals surface area (Å²) < 4.78 is 109. The van der Waals surface area contributed by atoms with Crippen LogP contribution in [0.2, 0.25) is 0 Å². The lowest BCUT2D eigenvalue weighted by Gasteiger charge is -2.21. The van der Waals surface area contributed by atoms with Crippen LogP contribution in [0.15, 0.2) is 71.5 Å². The molecule has 11 heteroatoms. The number of halogens is 6. The van der Waals surface area contributed by atoms with Crippen molar-refractivity contribution in [2.24, 2.45) is 0 Å². The molecule has 0 amide bonds. The molecule has 0 spiro atoms. The molecule has 2 aliphatic carbocycles. The predicted molar refractivity (Wildman–Crippen MR) is 94.3 cm³/mol. The monoisotopic (exact) mass is 450 g/mol. The molecule has 0 fully saturated rings. The maximum atomic E-state index is 13.7. The summed E-state index contributed by atoms with van der Waals surface area (Å²) in [6.07, 6.45) is 5.63. The zero-order valence-electron chi connectivity index (χ0n) is 15.0. The van der Waals surface area contributed by atoms with Crippen LogP contribution >= 0.6 is 7.82 Å². The van der Waals surface area contributed by atoms with E-state index < -0.39 is 60.7 Å². The van der Waals surface area contributed by atoms with Gasteiger partial charge in [0.05, 0.1) is 6.42 Å². The third-order valence-electron chi connectivity index (χ3n) is 3.72. The number of phosphoric acid groups is 1. The van der Waals surface area contributed by atoms with Gasteiger partial charge in [0.15, 0.2) is 23.3 Å². The summed E-state index contributed by atoms with van der Waals surface area (Å²) in [6.45, 7) is 0. The number of hydrogen-bond donors (Lipinski definition) is 0. The summed E-state index contributed by atoms with van der Waals surface area (Å²) in [5.41, 5.74) is 0. The normalized spacial score (nSPS) is 18.7. The van der Waals surface area contributed by atoms with Gasteiger partial charge in [0.2, 0.25) is 0 Å². The molecular weight excluding hydrogens is 437 g/mol. The van der Waals surface area contributed by atoms with Crippen molar-refractivity contribution in [3.63, 3.8) is 0 Å². The second-order valence-corrected chi connectivity index (χ2v) is 7.52. The van der Waals surface area contributed by atoms with Crippen LogP contribution in [-0.2, 0) is 13.6 Å². The number of benzene rings is 1. The Morgan fingerprint density at radius 3 is 2.13 bits per heavy atom. The van der Waals surface area contributed by atoms with Crippen LogP contribution < -0.4 is 4.52 Å². The Labute approximate surface area is 167 Å². The third kappa shape index (κ3) is 5.38. The molecular formula is C19H13F6O4P. The molecule has 4 nitrogen and oxygen atoms in total. The van der Waals surface area contributed by atoms with Gasteiger partial charge in [-0.15, -0.1) is 0 Å². The molecule has 1 atom stereocenters. The topological polar surface area (TPSA) is 44.8 Å². The predicted octanol–water partition coefficient (Wildman–Crippen LogP) is 7.15. The molecule has 0 saturated carbocycles. The van der Waals surface area contributed by atoms with Crippen LogP contribution in [0.4, 0.5) is 26.3 Å². The van der Waals surface area contributed by atoms with Gasteiger partial charge < -0.3 is 13.6 Å². The van der Waals surface area contributed by atoms with E-state index in [-0.39, 0.29) is 5.76 Å². The van der Waals surface area contributed by atoms with Crippen LogP contribution in [0, 0.1) is 17.5 Å². The van der Waals surface area contributed by atoms with Crippen molar-refractivity contribution in [2.45, 2.75) is 19.3 Å². The van der Waals surface area contributed by atoms with Crippen molar-refractivity contribution >= 4 is 7.82 Å². The van der Waals surface area contributed by atoms with Crippen molar-refractivity contribution in [2.75, 3.05) is 0 Å². The summed E-state index contributed by atoms with van der Waals surface area (Å²) in [6, 6.07) is 0.752. The number of hydrogen-bond acceptors (Lipinski definition) is 4. The molecule has 0 saturated heterocycles. The minimum atomic E-state index is -4.89. The molecule has 0 heterocycles. The van der Waals surface area contributed by atoms with E-state index >= 15 is 0 Å². The van der Waals surface area contributed by atoms with E-state index in [2.05, 4.69) is 0 Å². The molecule has 1 unspecified atom stereocenters. The first-order valence-electron chi connectivity index (χ1n) is 8.47. The van der Waals surface area contributed by atoms with E-state index in [4.69, 9.17) is 13.6 Å². The van der Waals surface area contributed by atoms with E-state index in [1.807, 2.05) is 0 Å². The number of phosphoric ester groups is 1. The standard InChI is InChI=1S/C19H13F6O4P/c20-11-6-13(8-16(22)15(21)7-11)28-30(26,27-12-4-2-1-3-5-12)29-14-9-17(23)19(25)18(24)10-14/h2,4-6,8-10H,1,3,7H2. The van der Waals surface area contributed by atoms with Gasteiger partial charge in [-0.05, 0) is 25.0 Å². The fourth-order valence-corrected chi connectivity index (χ4v) is 3.65. The summed E-state index contributed by atoms with van der Waals surface area (Å²) in [4.78, 5) is 0. The molecule has 0 aliphatic heterocycles. The average molecular weight is 450 g/mol. The van der Waals surface area contributed by atoms with Crippen LogP contribution in [0.1, 0.15) is 19.3 Å². The van der Waals surface area contributed by atoms with Gasteiger partial charge in [0.25, 0.3) is 0 Å². The maximum Gasteiger partial charge on any atom is 0.647 e.